The van der Waals surface area contributed by atoms with Gasteiger partial charge in [-0.3, -0.25) is 9.59 Å². The number of benzene rings is 1. The fourth-order valence-corrected chi connectivity index (χ4v) is 1.75. The highest BCUT2D eigenvalue weighted by Gasteiger charge is 2.14. The van der Waals surface area contributed by atoms with Gasteiger partial charge in [0.1, 0.15) is 5.58 Å². The Balaban J connectivity index is 2.21. The third-order valence-electron chi connectivity index (χ3n) is 3.21. The Morgan fingerprint density at radius 3 is 2.75 bits per heavy atom. The second kappa shape index (κ2) is 5.88. The van der Waals surface area contributed by atoms with Crippen LogP contribution in [0.15, 0.2) is 39.5 Å². The molecule has 5 heteroatoms. The molecule has 2 rings (SSSR count). The number of nitrogens with one attached hydrogen (secondary N) is 1. The Bertz CT molecular complexity index is 676. The zero-order valence-electron chi connectivity index (χ0n) is 11.6. The lowest BCUT2D eigenvalue weighted by Crippen LogP contribution is -2.40. The minimum Gasteiger partial charge on any atom is -0.451 e. The summed E-state index contributed by atoms with van der Waals surface area (Å²) in [7, 11) is 0. The summed E-state index contributed by atoms with van der Waals surface area (Å²) in [5.41, 5.74) is 6.03. The molecule has 0 bridgehead atoms. The third kappa shape index (κ3) is 3.05. The molecular formula is C15H18N2O3. The number of amides is 1. The van der Waals surface area contributed by atoms with Crippen molar-refractivity contribution in [1.82, 2.24) is 5.32 Å². The fourth-order valence-electron chi connectivity index (χ4n) is 1.75. The summed E-state index contributed by atoms with van der Waals surface area (Å²) in [5.74, 6) is -0.160. The van der Waals surface area contributed by atoms with Crippen LogP contribution in [-0.4, -0.2) is 18.5 Å². The molecule has 0 aliphatic carbocycles. The van der Waals surface area contributed by atoms with Crippen LogP contribution in [0.3, 0.4) is 0 Å². The van der Waals surface area contributed by atoms with Crippen LogP contribution >= 0.6 is 0 Å². The van der Waals surface area contributed by atoms with Crippen LogP contribution in [0.1, 0.15) is 24.4 Å². The standard InChI is InChI=1S/C15H18N2O3/c1-9(2)11(16)8-17-15(19)14-7-12(18)10-5-3-4-6-13(10)20-14/h3-7,9,11H,8,16H2,1-2H3,(H,17,19). The second-order valence-electron chi connectivity index (χ2n) is 5.09. The first-order valence-electron chi connectivity index (χ1n) is 6.55. The monoisotopic (exact) mass is 274 g/mol. The first kappa shape index (κ1) is 14.3. The first-order valence-corrected chi connectivity index (χ1v) is 6.55. The maximum atomic E-state index is 12.0. The van der Waals surface area contributed by atoms with Crippen molar-refractivity contribution in [1.29, 1.82) is 0 Å². The molecule has 3 N–H and O–H groups in total. The highest BCUT2D eigenvalue weighted by Crippen LogP contribution is 2.11. The van der Waals surface area contributed by atoms with Gasteiger partial charge in [-0.05, 0) is 18.1 Å². The molecule has 1 heterocycles. The van der Waals surface area contributed by atoms with E-state index in [2.05, 4.69) is 5.32 Å². The van der Waals surface area contributed by atoms with Crippen molar-refractivity contribution in [2.24, 2.45) is 11.7 Å². The largest absolute Gasteiger partial charge is 0.451 e. The van der Waals surface area contributed by atoms with Crippen LogP contribution in [0.4, 0.5) is 0 Å². The number of hydrogen-bond donors (Lipinski definition) is 2. The number of carbonyl (C=O) groups excluding carboxylic acids is 1. The van der Waals surface area contributed by atoms with Crippen LogP contribution < -0.4 is 16.5 Å². The molecule has 2 aromatic rings. The summed E-state index contributed by atoms with van der Waals surface area (Å²) in [5, 5.41) is 3.14. The van der Waals surface area contributed by atoms with E-state index in [-0.39, 0.29) is 23.1 Å². The SMILES string of the molecule is CC(C)C(N)CNC(=O)c1cc(=O)c2ccccc2o1. The molecule has 1 atom stereocenters. The van der Waals surface area contributed by atoms with Crippen molar-refractivity contribution in [3.8, 4) is 0 Å². The summed E-state index contributed by atoms with van der Waals surface area (Å²) in [4.78, 5) is 23.9. The number of hydrogen-bond acceptors (Lipinski definition) is 4. The average Bonchev–Trinajstić information content (AvgIpc) is 2.44. The van der Waals surface area contributed by atoms with E-state index in [1.807, 2.05) is 13.8 Å². The summed E-state index contributed by atoms with van der Waals surface area (Å²) in [6, 6.07) is 7.90. The van der Waals surface area contributed by atoms with Crippen molar-refractivity contribution in [2.45, 2.75) is 19.9 Å². The summed E-state index contributed by atoms with van der Waals surface area (Å²) >= 11 is 0. The molecule has 106 valence electrons. The molecule has 0 fully saturated rings. The normalized spacial score (nSPS) is 12.6. The minimum absolute atomic E-state index is 0.00431. The smallest absolute Gasteiger partial charge is 0.287 e. The van der Waals surface area contributed by atoms with E-state index in [9.17, 15) is 9.59 Å². The van der Waals surface area contributed by atoms with Gasteiger partial charge in [-0.1, -0.05) is 26.0 Å². The first-order chi connectivity index (χ1) is 9.49. The van der Waals surface area contributed by atoms with Gasteiger partial charge in [0, 0.05) is 18.7 Å². The van der Waals surface area contributed by atoms with E-state index in [0.717, 1.165) is 0 Å². The van der Waals surface area contributed by atoms with E-state index in [4.69, 9.17) is 10.2 Å². The van der Waals surface area contributed by atoms with Crippen molar-refractivity contribution >= 4 is 16.9 Å². The predicted molar refractivity (Wildman–Crippen MR) is 77.6 cm³/mol. The molecule has 0 radical (unpaired) electrons. The Morgan fingerprint density at radius 2 is 2.05 bits per heavy atom. The highest BCUT2D eigenvalue weighted by atomic mass is 16.3. The average molecular weight is 274 g/mol. The second-order valence-corrected chi connectivity index (χ2v) is 5.09. The lowest BCUT2D eigenvalue weighted by Gasteiger charge is -2.15. The van der Waals surface area contributed by atoms with Gasteiger partial charge in [0.05, 0.1) is 5.39 Å². The van der Waals surface area contributed by atoms with Crippen molar-refractivity contribution < 1.29 is 9.21 Å². The van der Waals surface area contributed by atoms with Gasteiger partial charge in [-0.15, -0.1) is 0 Å². The van der Waals surface area contributed by atoms with Gasteiger partial charge < -0.3 is 15.5 Å². The van der Waals surface area contributed by atoms with Crippen LogP contribution in [0.5, 0.6) is 0 Å². The van der Waals surface area contributed by atoms with E-state index < -0.39 is 5.91 Å². The predicted octanol–water partition coefficient (Wildman–Crippen LogP) is 1.51. The molecule has 0 saturated heterocycles. The highest BCUT2D eigenvalue weighted by molar-refractivity contribution is 5.93. The van der Waals surface area contributed by atoms with Crippen LogP contribution in [0.2, 0.25) is 0 Å². The number of carbonyl (C=O) groups is 1. The molecular weight excluding hydrogens is 256 g/mol. The van der Waals surface area contributed by atoms with E-state index in [1.54, 1.807) is 24.3 Å². The number of fused-ring (bicyclic) bond motifs is 1. The van der Waals surface area contributed by atoms with Gasteiger partial charge in [0.15, 0.2) is 11.2 Å². The minimum atomic E-state index is -0.427. The molecule has 1 amide bonds. The Hall–Kier alpha value is -2.14. The zero-order chi connectivity index (χ0) is 14.7. The number of rotatable bonds is 4. The lowest BCUT2D eigenvalue weighted by molar-refractivity contribution is 0.0922. The van der Waals surface area contributed by atoms with Crippen LogP contribution in [0.25, 0.3) is 11.0 Å². The maximum absolute atomic E-state index is 12.0. The Morgan fingerprint density at radius 1 is 1.35 bits per heavy atom. The molecule has 0 aliphatic heterocycles. The topological polar surface area (TPSA) is 85.3 Å². The zero-order valence-corrected chi connectivity index (χ0v) is 11.6. The summed E-state index contributed by atoms with van der Waals surface area (Å²) in [6.07, 6.45) is 0. The van der Waals surface area contributed by atoms with Gasteiger partial charge in [-0.2, -0.15) is 0 Å². The van der Waals surface area contributed by atoms with E-state index >= 15 is 0 Å². The van der Waals surface area contributed by atoms with Crippen LogP contribution in [0, 0.1) is 5.92 Å². The Kier molecular flexibility index (Phi) is 4.20. The molecule has 20 heavy (non-hydrogen) atoms. The summed E-state index contributed by atoms with van der Waals surface area (Å²) in [6.45, 7) is 4.30. The maximum Gasteiger partial charge on any atom is 0.287 e. The molecule has 1 unspecified atom stereocenters. The van der Waals surface area contributed by atoms with Crippen LogP contribution in [-0.2, 0) is 0 Å². The van der Waals surface area contributed by atoms with Gasteiger partial charge in [0.2, 0.25) is 0 Å². The molecule has 0 saturated carbocycles. The molecule has 1 aromatic heterocycles. The number of nitrogens with two attached hydrogens (primary N) is 1. The quantitative estimate of drug-likeness (QED) is 0.885. The van der Waals surface area contributed by atoms with Gasteiger partial charge >= 0.3 is 0 Å². The van der Waals surface area contributed by atoms with Crippen molar-refractivity contribution in [3.05, 3.63) is 46.3 Å². The molecule has 5 nitrogen and oxygen atoms in total. The lowest BCUT2D eigenvalue weighted by atomic mass is 10.1. The third-order valence-corrected chi connectivity index (χ3v) is 3.21. The number of para-hydroxylation sites is 1. The van der Waals surface area contributed by atoms with Gasteiger partial charge in [-0.25, -0.2) is 0 Å². The van der Waals surface area contributed by atoms with E-state index in [1.165, 1.54) is 6.07 Å². The fraction of sp³-hybridized carbons (Fsp3) is 0.333. The van der Waals surface area contributed by atoms with E-state index in [0.29, 0.717) is 17.5 Å². The van der Waals surface area contributed by atoms with Crippen molar-refractivity contribution in [2.75, 3.05) is 6.54 Å². The molecule has 0 aliphatic rings. The van der Waals surface area contributed by atoms with Gasteiger partial charge in [0.25, 0.3) is 5.91 Å². The molecule has 1 aromatic carbocycles. The molecule has 0 spiro atoms. The Labute approximate surface area is 116 Å². The van der Waals surface area contributed by atoms with Crippen molar-refractivity contribution in [3.63, 3.8) is 0 Å². The summed E-state index contributed by atoms with van der Waals surface area (Å²) < 4.78 is 5.44.